The van der Waals surface area contributed by atoms with Crippen LogP contribution < -0.4 is 5.73 Å². The van der Waals surface area contributed by atoms with Crippen LogP contribution >= 0.6 is 11.3 Å². The maximum Gasteiger partial charge on any atom is 0.259 e. The number of hydrogen-bond acceptors (Lipinski definition) is 5. The first kappa shape index (κ1) is 17.3. The normalized spacial score (nSPS) is 17.5. The quantitative estimate of drug-likeness (QED) is 0.575. The second-order valence-electron chi connectivity index (χ2n) is 7.27. The zero-order valence-corrected chi connectivity index (χ0v) is 16.2. The maximum atomic E-state index is 12.1. The molecule has 28 heavy (non-hydrogen) atoms. The molecule has 4 heterocycles. The van der Waals surface area contributed by atoms with Crippen LogP contribution in [0.5, 0.6) is 0 Å². The van der Waals surface area contributed by atoms with Gasteiger partial charge in [-0.05, 0) is 42.3 Å². The van der Waals surface area contributed by atoms with E-state index in [9.17, 15) is 4.79 Å². The highest BCUT2D eigenvalue weighted by atomic mass is 32.1. The van der Waals surface area contributed by atoms with E-state index >= 15 is 0 Å². The van der Waals surface area contributed by atoms with E-state index in [1.807, 2.05) is 18.3 Å². The van der Waals surface area contributed by atoms with Crippen LogP contribution in [0.3, 0.4) is 0 Å². The molecule has 1 atom stereocenters. The van der Waals surface area contributed by atoms with E-state index in [-0.39, 0.29) is 5.91 Å². The Morgan fingerprint density at radius 2 is 1.96 bits per heavy atom. The van der Waals surface area contributed by atoms with Crippen LogP contribution in [-0.4, -0.2) is 33.9 Å². The third-order valence-electron chi connectivity index (χ3n) is 5.54. The summed E-state index contributed by atoms with van der Waals surface area (Å²) in [6.07, 6.45) is 4.67. The number of primary amides is 1. The zero-order chi connectivity index (χ0) is 19.1. The van der Waals surface area contributed by atoms with Crippen LogP contribution in [0.2, 0.25) is 0 Å². The molecule has 0 bridgehead atoms. The number of rotatable bonds is 4. The van der Waals surface area contributed by atoms with Gasteiger partial charge in [-0.3, -0.25) is 14.7 Å². The first-order valence-corrected chi connectivity index (χ1v) is 10.2. The minimum atomic E-state index is -0.350. The van der Waals surface area contributed by atoms with Gasteiger partial charge in [0.1, 0.15) is 4.83 Å². The molecular formula is C22H20N4OS. The van der Waals surface area contributed by atoms with Gasteiger partial charge in [0.15, 0.2) is 0 Å². The second kappa shape index (κ2) is 6.96. The van der Waals surface area contributed by atoms with Crippen LogP contribution in [0.1, 0.15) is 33.1 Å². The summed E-state index contributed by atoms with van der Waals surface area (Å²) in [4.78, 5) is 25.0. The van der Waals surface area contributed by atoms with Crippen molar-refractivity contribution in [1.82, 2.24) is 14.9 Å². The molecule has 3 aromatic heterocycles. The van der Waals surface area contributed by atoms with E-state index in [0.29, 0.717) is 10.8 Å². The lowest BCUT2D eigenvalue weighted by Crippen LogP contribution is -2.20. The predicted molar refractivity (Wildman–Crippen MR) is 113 cm³/mol. The fraction of sp³-hybridized carbons (Fsp3) is 0.227. The standard InChI is InChI=1S/C22H20N4OS/c23-21(27)20-19(17-5-3-9-25-22(17)28-20)15-8-11-26(13-15)12-14-7-10-24-18-6-2-1-4-16(14)18/h1-7,9-10,15H,8,11-13H2,(H2,23,27)/t15-/m0/s1. The average Bonchev–Trinajstić information content (AvgIpc) is 3.32. The largest absolute Gasteiger partial charge is 0.365 e. The number of para-hydroxylation sites is 1. The third kappa shape index (κ3) is 2.95. The Bertz CT molecular complexity index is 1180. The van der Waals surface area contributed by atoms with Crippen molar-refractivity contribution >= 4 is 38.4 Å². The Morgan fingerprint density at radius 3 is 2.86 bits per heavy atom. The number of hydrogen-bond donors (Lipinski definition) is 1. The molecule has 0 radical (unpaired) electrons. The van der Waals surface area contributed by atoms with E-state index < -0.39 is 0 Å². The van der Waals surface area contributed by atoms with E-state index in [0.717, 1.165) is 47.4 Å². The molecule has 0 spiro atoms. The molecule has 1 fully saturated rings. The zero-order valence-electron chi connectivity index (χ0n) is 15.3. The van der Waals surface area contributed by atoms with Crippen LogP contribution in [-0.2, 0) is 6.54 Å². The van der Waals surface area contributed by atoms with Crippen molar-refractivity contribution in [3.8, 4) is 0 Å². The number of aromatic nitrogens is 2. The first-order chi connectivity index (χ1) is 13.7. The van der Waals surface area contributed by atoms with Crippen molar-refractivity contribution in [3.05, 3.63) is 70.9 Å². The number of benzene rings is 1. The summed E-state index contributed by atoms with van der Waals surface area (Å²) in [6, 6.07) is 14.4. The van der Waals surface area contributed by atoms with Gasteiger partial charge in [-0.15, -0.1) is 11.3 Å². The Morgan fingerprint density at radius 1 is 1.11 bits per heavy atom. The second-order valence-corrected chi connectivity index (χ2v) is 8.27. The minimum Gasteiger partial charge on any atom is -0.365 e. The number of carbonyl (C=O) groups is 1. The number of likely N-dealkylation sites (tertiary alicyclic amines) is 1. The average molecular weight is 388 g/mol. The van der Waals surface area contributed by atoms with Crippen molar-refractivity contribution in [1.29, 1.82) is 0 Å². The summed E-state index contributed by atoms with van der Waals surface area (Å²) in [5.74, 6) is -0.0508. The topological polar surface area (TPSA) is 72.1 Å². The molecule has 140 valence electrons. The highest BCUT2D eigenvalue weighted by molar-refractivity contribution is 7.20. The molecular weight excluding hydrogens is 368 g/mol. The van der Waals surface area contributed by atoms with Gasteiger partial charge in [-0.2, -0.15) is 0 Å². The third-order valence-corrected chi connectivity index (χ3v) is 6.69. The lowest BCUT2D eigenvalue weighted by atomic mass is 9.95. The van der Waals surface area contributed by atoms with E-state index in [1.54, 1.807) is 6.20 Å². The molecule has 1 amide bonds. The number of nitrogens with two attached hydrogens (primary N) is 1. The van der Waals surface area contributed by atoms with Crippen LogP contribution in [0.25, 0.3) is 21.1 Å². The summed E-state index contributed by atoms with van der Waals surface area (Å²) < 4.78 is 0. The fourth-order valence-electron chi connectivity index (χ4n) is 4.29. The van der Waals surface area contributed by atoms with Crippen LogP contribution in [0, 0.1) is 0 Å². The SMILES string of the molecule is NC(=O)c1sc2ncccc2c1[C@H]1CCN(Cc2ccnc3ccccc23)C1. The van der Waals surface area contributed by atoms with E-state index in [4.69, 9.17) is 5.73 Å². The smallest absolute Gasteiger partial charge is 0.259 e. The van der Waals surface area contributed by atoms with Crippen molar-refractivity contribution in [2.75, 3.05) is 13.1 Å². The van der Waals surface area contributed by atoms with Gasteiger partial charge >= 0.3 is 0 Å². The lowest BCUT2D eigenvalue weighted by molar-refractivity contribution is 0.100. The van der Waals surface area contributed by atoms with Crippen LogP contribution in [0.4, 0.5) is 0 Å². The van der Waals surface area contributed by atoms with Gasteiger partial charge in [-0.1, -0.05) is 24.3 Å². The number of carbonyl (C=O) groups excluding carboxylic acids is 1. The Labute approximate surface area is 166 Å². The minimum absolute atomic E-state index is 0.300. The number of nitrogens with zero attached hydrogens (tertiary/aromatic N) is 3. The summed E-state index contributed by atoms with van der Waals surface area (Å²) in [5, 5.41) is 2.28. The molecule has 0 aliphatic carbocycles. The molecule has 6 heteroatoms. The van der Waals surface area contributed by atoms with Gasteiger partial charge in [0.2, 0.25) is 0 Å². The van der Waals surface area contributed by atoms with E-state index in [1.165, 1.54) is 22.3 Å². The Kier molecular flexibility index (Phi) is 4.30. The highest BCUT2D eigenvalue weighted by Crippen LogP contribution is 2.39. The molecule has 1 aromatic carbocycles. The summed E-state index contributed by atoms with van der Waals surface area (Å²) in [5.41, 5.74) is 9.09. The lowest BCUT2D eigenvalue weighted by Gasteiger charge is -2.17. The first-order valence-electron chi connectivity index (χ1n) is 9.43. The summed E-state index contributed by atoms with van der Waals surface area (Å²) >= 11 is 1.41. The summed E-state index contributed by atoms with van der Waals surface area (Å²) in [7, 11) is 0. The molecule has 1 saturated heterocycles. The van der Waals surface area contributed by atoms with Crippen molar-refractivity contribution in [2.24, 2.45) is 5.73 Å². The maximum absolute atomic E-state index is 12.1. The van der Waals surface area contributed by atoms with Crippen molar-refractivity contribution < 1.29 is 4.79 Å². The fourth-order valence-corrected chi connectivity index (χ4v) is 5.37. The monoisotopic (exact) mass is 388 g/mol. The molecule has 5 nitrogen and oxygen atoms in total. The van der Waals surface area contributed by atoms with Crippen molar-refractivity contribution in [3.63, 3.8) is 0 Å². The van der Waals surface area contributed by atoms with Crippen LogP contribution in [0.15, 0.2) is 54.9 Å². The Hall–Kier alpha value is -2.83. The van der Waals surface area contributed by atoms with Gasteiger partial charge in [0, 0.05) is 42.2 Å². The van der Waals surface area contributed by atoms with Gasteiger partial charge in [0.05, 0.1) is 10.4 Å². The molecule has 0 saturated carbocycles. The summed E-state index contributed by atoms with van der Waals surface area (Å²) in [6.45, 7) is 2.79. The highest BCUT2D eigenvalue weighted by Gasteiger charge is 2.30. The molecule has 1 aliphatic heterocycles. The molecule has 2 N–H and O–H groups in total. The predicted octanol–water partition coefficient (Wildman–Crippen LogP) is 3.93. The van der Waals surface area contributed by atoms with Crippen molar-refractivity contribution in [2.45, 2.75) is 18.9 Å². The van der Waals surface area contributed by atoms with Gasteiger partial charge in [-0.25, -0.2) is 4.98 Å². The number of thiophene rings is 1. The number of fused-ring (bicyclic) bond motifs is 2. The number of amides is 1. The molecule has 0 unspecified atom stereocenters. The van der Waals surface area contributed by atoms with Gasteiger partial charge in [0.25, 0.3) is 5.91 Å². The molecule has 5 rings (SSSR count). The number of pyridine rings is 2. The Balaban J connectivity index is 1.44. The van der Waals surface area contributed by atoms with E-state index in [2.05, 4.69) is 45.2 Å². The molecule has 1 aliphatic rings. The molecule has 4 aromatic rings. The van der Waals surface area contributed by atoms with Gasteiger partial charge < -0.3 is 5.73 Å².